The second kappa shape index (κ2) is 11.8. The van der Waals surface area contributed by atoms with Crippen molar-refractivity contribution in [1.29, 1.82) is 0 Å². The molecule has 0 radical (unpaired) electrons. The van der Waals surface area contributed by atoms with Crippen LogP contribution in [0.2, 0.25) is 0 Å². The van der Waals surface area contributed by atoms with Gasteiger partial charge in [-0.15, -0.1) is 0 Å². The summed E-state index contributed by atoms with van der Waals surface area (Å²) < 4.78 is 12.9. The summed E-state index contributed by atoms with van der Waals surface area (Å²) in [5.41, 5.74) is 13.2. The third-order valence-electron chi connectivity index (χ3n) is 10.8. The smallest absolute Gasteiger partial charge is 0.227 e. The third-order valence-corrected chi connectivity index (χ3v) is 10.8. The molecule has 0 saturated heterocycles. The molecule has 8 aromatic rings. The Hall–Kier alpha value is -6.91. The van der Waals surface area contributed by atoms with Crippen LogP contribution < -0.4 is 9.64 Å². The highest BCUT2D eigenvalue weighted by molar-refractivity contribution is 6.17. The molecule has 4 heteroatoms. The maximum absolute atomic E-state index is 6.48. The molecule has 0 bridgehead atoms. The van der Waals surface area contributed by atoms with Crippen molar-refractivity contribution in [3.63, 3.8) is 0 Å². The van der Waals surface area contributed by atoms with E-state index in [1.807, 2.05) is 30.3 Å². The number of aromatic nitrogens is 1. The molecule has 0 saturated carbocycles. The molecule has 11 rings (SSSR count). The van der Waals surface area contributed by atoms with E-state index in [0.29, 0.717) is 5.89 Å². The number of ether oxygens (including phenoxy) is 1. The van der Waals surface area contributed by atoms with Gasteiger partial charge in [-0.1, -0.05) is 127 Å². The van der Waals surface area contributed by atoms with Crippen LogP contribution in [0.1, 0.15) is 11.5 Å². The summed E-state index contributed by atoms with van der Waals surface area (Å²) >= 11 is 0. The van der Waals surface area contributed by atoms with Crippen LogP contribution in [0.25, 0.3) is 67.1 Å². The number of oxazole rings is 1. The van der Waals surface area contributed by atoms with E-state index in [4.69, 9.17) is 14.1 Å². The molecule has 1 aromatic heterocycles. The highest BCUT2D eigenvalue weighted by Gasteiger charge is 2.34. The first kappa shape index (κ1) is 29.8. The van der Waals surface area contributed by atoms with Gasteiger partial charge in [-0.25, -0.2) is 4.98 Å². The largest absolute Gasteiger partial charge is 0.484 e. The summed E-state index contributed by atoms with van der Waals surface area (Å²) in [5, 5.41) is 2.39. The zero-order valence-electron chi connectivity index (χ0n) is 28.7. The lowest BCUT2D eigenvalue weighted by atomic mass is 9.90. The molecule has 7 aromatic carbocycles. The van der Waals surface area contributed by atoms with Crippen LogP contribution in [0.4, 0.5) is 17.1 Å². The zero-order valence-corrected chi connectivity index (χ0v) is 28.7. The second-order valence-corrected chi connectivity index (χ2v) is 13.8. The van der Waals surface area contributed by atoms with Crippen LogP contribution in [-0.4, -0.2) is 11.1 Å². The molecule has 0 fully saturated rings. The summed E-state index contributed by atoms with van der Waals surface area (Å²) in [6.07, 6.45) is 8.65. The predicted octanol–water partition coefficient (Wildman–Crippen LogP) is 12.9. The Morgan fingerprint density at radius 2 is 1.13 bits per heavy atom. The lowest BCUT2D eigenvalue weighted by Gasteiger charge is -2.26. The van der Waals surface area contributed by atoms with Gasteiger partial charge in [0.15, 0.2) is 5.76 Å². The molecule has 3 aliphatic rings. The number of fused-ring (bicyclic) bond motifs is 6. The number of hydrogen-bond acceptors (Lipinski definition) is 4. The monoisotopic (exact) mass is 680 g/mol. The molecule has 4 nitrogen and oxygen atoms in total. The second-order valence-electron chi connectivity index (χ2n) is 13.8. The topological polar surface area (TPSA) is 38.5 Å². The van der Waals surface area contributed by atoms with Gasteiger partial charge in [0.2, 0.25) is 5.89 Å². The van der Waals surface area contributed by atoms with E-state index >= 15 is 0 Å². The van der Waals surface area contributed by atoms with Gasteiger partial charge in [-0.3, -0.25) is 0 Å². The lowest BCUT2D eigenvalue weighted by Crippen LogP contribution is -2.15. The Bertz CT molecular complexity index is 2720. The van der Waals surface area contributed by atoms with Crippen molar-refractivity contribution in [2.24, 2.45) is 0 Å². The Morgan fingerprint density at radius 3 is 1.91 bits per heavy atom. The van der Waals surface area contributed by atoms with Gasteiger partial charge in [0, 0.05) is 56.2 Å². The molecule has 2 heterocycles. The van der Waals surface area contributed by atoms with E-state index in [1.165, 1.54) is 21.9 Å². The van der Waals surface area contributed by atoms with Gasteiger partial charge in [-0.05, 0) is 76.7 Å². The number of benzene rings is 7. The van der Waals surface area contributed by atoms with Crippen LogP contribution in [0.5, 0.6) is 5.75 Å². The fourth-order valence-electron chi connectivity index (χ4n) is 8.33. The Labute approximate surface area is 307 Å². The predicted molar refractivity (Wildman–Crippen MR) is 215 cm³/mol. The van der Waals surface area contributed by atoms with Gasteiger partial charge in [0.25, 0.3) is 0 Å². The van der Waals surface area contributed by atoms with Crippen LogP contribution in [-0.2, 0) is 0 Å². The minimum atomic E-state index is 0.0611. The SMILES string of the molecule is C1=CC2Oc3c(-c4ccc(N(c5ccccc5)c5ccc(-c6ccc7c8c(cccc68)-c6oc(-c8ccccc8)nc6-7)cc5)cc4)cccc3C2C=C1. The molecule has 0 spiro atoms. The number of hydrogen-bond donors (Lipinski definition) is 0. The van der Waals surface area contributed by atoms with Crippen molar-refractivity contribution in [3.8, 4) is 62.0 Å². The Balaban J connectivity index is 0.936. The molecular formula is C49H32N2O2. The molecule has 1 aliphatic heterocycles. The van der Waals surface area contributed by atoms with Crippen molar-refractivity contribution in [3.05, 3.63) is 188 Å². The molecule has 2 aliphatic carbocycles. The molecular weight excluding hydrogens is 649 g/mol. The Kier molecular flexibility index (Phi) is 6.65. The van der Waals surface area contributed by atoms with E-state index in [-0.39, 0.29) is 12.0 Å². The van der Waals surface area contributed by atoms with E-state index in [2.05, 4.69) is 157 Å². The third kappa shape index (κ3) is 4.73. The first-order valence-electron chi connectivity index (χ1n) is 18.1. The number of nitrogens with zero attached hydrogens (tertiary/aromatic N) is 2. The van der Waals surface area contributed by atoms with Gasteiger partial charge in [-0.2, -0.15) is 0 Å². The summed E-state index contributed by atoms with van der Waals surface area (Å²) in [7, 11) is 0. The van der Waals surface area contributed by atoms with Crippen LogP contribution in [0.3, 0.4) is 0 Å². The van der Waals surface area contributed by atoms with Crippen molar-refractivity contribution in [2.45, 2.75) is 12.0 Å². The normalized spacial score (nSPS) is 15.9. The van der Waals surface area contributed by atoms with E-state index < -0.39 is 0 Å². The maximum atomic E-state index is 6.48. The zero-order chi connectivity index (χ0) is 34.9. The van der Waals surface area contributed by atoms with E-state index in [0.717, 1.165) is 67.6 Å². The Morgan fingerprint density at radius 1 is 0.491 bits per heavy atom. The van der Waals surface area contributed by atoms with E-state index in [9.17, 15) is 0 Å². The molecule has 0 amide bonds. The molecule has 53 heavy (non-hydrogen) atoms. The summed E-state index contributed by atoms with van der Waals surface area (Å²) in [5.74, 6) is 2.76. The number of para-hydroxylation sites is 2. The molecule has 2 atom stereocenters. The van der Waals surface area contributed by atoms with Gasteiger partial charge < -0.3 is 14.1 Å². The summed E-state index contributed by atoms with van der Waals surface area (Å²) in [6.45, 7) is 0. The van der Waals surface area contributed by atoms with Crippen LogP contribution >= 0.6 is 0 Å². The number of allylic oxidation sites excluding steroid dienone is 2. The van der Waals surface area contributed by atoms with Crippen LogP contribution in [0, 0.1) is 0 Å². The summed E-state index contributed by atoms with van der Waals surface area (Å²) in [4.78, 5) is 7.27. The fourth-order valence-corrected chi connectivity index (χ4v) is 8.33. The lowest BCUT2D eigenvalue weighted by molar-refractivity contribution is 0.270. The average molecular weight is 681 g/mol. The highest BCUT2D eigenvalue weighted by Crippen LogP contribution is 2.51. The summed E-state index contributed by atoms with van der Waals surface area (Å²) in [6, 6.07) is 55.8. The van der Waals surface area contributed by atoms with Gasteiger partial charge in [0.05, 0.1) is 0 Å². The van der Waals surface area contributed by atoms with Crippen LogP contribution in [0.15, 0.2) is 186 Å². The van der Waals surface area contributed by atoms with Gasteiger partial charge in [0.1, 0.15) is 17.5 Å². The molecule has 250 valence electrons. The number of rotatable bonds is 6. The molecule has 2 unspecified atom stereocenters. The highest BCUT2D eigenvalue weighted by atomic mass is 16.5. The minimum absolute atomic E-state index is 0.0611. The van der Waals surface area contributed by atoms with Crippen molar-refractivity contribution >= 4 is 27.8 Å². The minimum Gasteiger partial charge on any atom is -0.484 e. The maximum Gasteiger partial charge on any atom is 0.227 e. The molecule has 0 N–H and O–H groups in total. The van der Waals surface area contributed by atoms with Crippen molar-refractivity contribution in [2.75, 3.05) is 4.90 Å². The first-order chi connectivity index (χ1) is 26.3. The average Bonchev–Trinajstić information content (AvgIpc) is 3.92. The number of anilines is 3. The van der Waals surface area contributed by atoms with E-state index in [1.54, 1.807) is 0 Å². The van der Waals surface area contributed by atoms with Gasteiger partial charge >= 0.3 is 0 Å². The van der Waals surface area contributed by atoms with Crippen molar-refractivity contribution in [1.82, 2.24) is 4.98 Å². The van der Waals surface area contributed by atoms with Crippen molar-refractivity contribution < 1.29 is 9.15 Å². The standard InChI is InChI=1S/C49H32N2O2/c1-3-11-33(12-4-1)49-50-46-42-30-29-37(40-17-10-19-43(45(40)42)48(46)53-49)31-21-25-35(26-22-31)51(34-13-5-2-6-14-34)36-27-23-32(24-28-36)38-16-9-18-41-39-15-7-8-20-44(39)52-47(38)41/h1-30,39,44H. The first-order valence-corrected chi connectivity index (χ1v) is 18.1. The fraction of sp³-hybridized carbons (Fsp3) is 0.0408. The quantitative estimate of drug-likeness (QED) is 0.175.